The van der Waals surface area contributed by atoms with E-state index in [0.29, 0.717) is 24.4 Å². The third-order valence-electron chi connectivity index (χ3n) is 3.89. The van der Waals surface area contributed by atoms with Gasteiger partial charge in [-0.2, -0.15) is 4.68 Å². The number of tetrazole rings is 1. The topological polar surface area (TPSA) is 81.9 Å². The SMILES string of the molecule is Cc1ccc(OCCCCNC(=O)c2ccccc2-n2cnnn2)cc1. The number of benzene rings is 2. The summed E-state index contributed by atoms with van der Waals surface area (Å²) in [6, 6.07) is 15.2. The molecule has 1 N–H and O–H groups in total. The first-order valence-corrected chi connectivity index (χ1v) is 8.54. The molecule has 0 spiro atoms. The Labute approximate surface area is 152 Å². The normalized spacial score (nSPS) is 10.5. The Balaban J connectivity index is 1.43. The molecule has 0 saturated heterocycles. The van der Waals surface area contributed by atoms with Gasteiger partial charge in [-0.3, -0.25) is 4.79 Å². The molecule has 0 aliphatic heterocycles. The molecule has 0 radical (unpaired) electrons. The lowest BCUT2D eigenvalue weighted by atomic mass is 10.1. The summed E-state index contributed by atoms with van der Waals surface area (Å²) >= 11 is 0. The van der Waals surface area contributed by atoms with E-state index < -0.39 is 0 Å². The number of hydrogen-bond acceptors (Lipinski definition) is 5. The third kappa shape index (κ3) is 4.66. The number of amides is 1. The van der Waals surface area contributed by atoms with Gasteiger partial charge in [0.1, 0.15) is 12.1 Å². The van der Waals surface area contributed by atoms with E-state index in [2.05, 4.69) is 20.8 Å². The Morgan fingerprint density at radius 3 is 2.69 bits per heavy atom. The smallest absolute Gasteiger partial charge is 0.253 e. The van der Waals surface area contributed by atoms with Crippen LogP contribution in [-0.4, -0.2) is 39.3 Å². The van der Waals surface area contributed by atoms with Crippen molar-refractivity contribution in [2.45, 2.75) is 19.8 Å². The lowest BCUT2D eigenvalue weighted by molar-refractivity contribution is 0.0952. The Bertz CT molecular complexity index is 831. The van der Waals surface area contributed by atoms with Crippen molar-refractivity contribution in [2.24, 2.45) is 0 Å². The van der Waals surface area contributed by atoms with Crippen molar-refractivity contribution in [3.8, 4) is 11.4 Å². The lowest BCUT2D eigenvalue weighted by Gasteiger charge is -2.10. The second-order valence-electron chi connectivity index (χ2n) is 5.90. The van der Waals surface area contributed by atoms with E-state index in [9.17, 15) is 4.79 Å². The monoisotopic (exact) mass is 351 g/mol. The minimum Gasteiger partial charge on any atom is -0.494 e. The van der Waals surface area contributed by atoms with Crippen molar-refractivity contribution in [3.63, 3.8) is 0 Å². The van der Waals surface area contributed by atoms with Crippen LogP contribution in [0, 0.1) is 6.92 Å². The van der Waals surface area contributed by atoms with Gasteiger partial charge < -0.3 is 10.1 Å². The number of ether oxygens (including phenoxy) is 1. The summed E-state index contributed by atoms with van der Waals surface area (Å²) in [5.41, 5.74) is 2.40. The quantitative estimate of drug-likeness (QED) is 0.631. The molecule has 0 bridgehead atoms. The van der Waals surface area contributed by atoms with Gasteiger partial charge in [-0.15, -0.1) is 5.10 Å². The van der Waals surface area contributed by atoms with E-state index in [1.54, 1.807) is 12.1 Å². The van der Waals surface area contributed by atoms with E-state index >= 15 is 0 Å². The molecule has 2 aromatic carbocycles. The van der Waals surface area contributed by atoms with Crippen LogP contribution in [0.3, 0.4) is 0 Å². The predicted octanol–water partition coefficient (Wildman–Crippen LogP) is 2.56. The number of nitrogens with zero attached hydrogens (tertiary/aromatic N) is 4. The number of unbranched alkanes of at least 4 members (excludes halogenated alkanes) is 1. The van der Waals surface area contributed by atoms with E-state index in [1.807, 2.05) is 43.3 Å². The molecule has 1 aromatic heterocycles. The molecule has 1 heterocycles. The summed E-state index contributed by atoms with van der Waals surface area (Å²) < 4.78 is 7.16. The number of rotatable bonds is 8. The highest BCUT2D eigenvalue weighted by molar-refractivity contribution is 5.97. The summed E-state index contributed by atoms with van der Waals surface area (Å²) in [5.74, 6) is 0.727. The van der Waals surface area contributed by atoms with Crippen LogP contribution in [0.4, 0.5) is 0 Å². The van der Waals surface area contributed by atoms with Gasteiger partial charge in [-0.05, 0) is 54.5 Å². The van der Waals surface area contributed by atoms with Crippen LogP contribution in [0.15, 0.2) is 54.9 Å². The first kappa shape index (κ1) is 17.6. The average molecular weight is 351 g/mol. The van der Waals surface area contributed by atoms with Crippen LogP contribution < -0.4 is 10.1 Å². The molecular formula is C19H21N5O2. The second-order valence-corrected chi connectivity index (χ2v) is 5.90. The predicted molar refractivity (Wildman–Crippen MR) is 97.4 cm³/mol. The summed E-state index contributed by atoms with van der Waals surface area (Å²) in [6.45, 7) is 3.25. The van der Waals surface area contributed by atoms with Gasteiger partial charge in [0.05, 0.1) is 17.9 Å². The highest BCUT2D eigenvalue weighted by Crippen LogP contribution is 2.13. The molecule has 0 aliphatic rings. The first-order chi connectivity index (χ1) is 12.7. The molecule has 1 amide bonds. The molecule has 3 rings (SSSR count). The zero-order valence-corrected chi connectivity index (χ0v) is 14.6. The maximum atomic E-state index is 12.4. The summed E-state index contributed by atoms with van der Waals surface area (Å²) in [7, 11) is 0. The molecule has 3 aromatic rings. The lowest BCUT2D eigenvalue weighted by Crippen LogP contribution is -2.26. The zero-order chi connectivity index (χ0) is 18.2. The van der Waals surface area contributed by atoms with Crippen LogP contribution >= 0.6 is 0 Å². The van der Waals surface area contributed by atoms with Crippen LogP contribution in [0.5, 0.6) is 5.75 Å². The number of aryl methyl sites for hydroxylation is 1. The third-order valence-corrected chi connectivity index (χ3v) is 3.89. The van der Waals surface area contributed by atoms with Crippen molar-refractivity contribution in [3.05, 3.63) is 66.0 Å². The van der Waals surface area contributed by atoms with Gasteiger partial charge in [-0.25, -0.2) is 0 Å². The molecule has 26 heavy (non-hydrogen) atoms. The van der Waals surface area contributed by atoms with Crippen molar-refractivity contribution >= 4 is 5.91 Å². The van der Waals surface area contributed by atoms with Crippen molar-refractivity contribution < 1.29 is 9.53 Å². The Morgan fingerprint density at radius 1 is 1.12 bits per heavy atom. The van der Waals surface area contributed by atoms with E-state index in [1.165, 1.54) is 16.6 Å². The molecule has 7 heteroatoms. The maximum absolute atomic E-state index is 12.4. The molecule has 0 fully saturated rings. The van der Waals surface area contributed by atoms with Crippen molar-refractivity contribution in [1.82, 2.24) is 25.5 Å². The number of hydrogen-bond donors (Lipinski definition) is 1. The van der Waals surface area contributed by atoms with Gasteiger partial charge in [0, 0.05) is 6.54 Å². The molecule has 7 nitrogen and oxygen atoms in total. The molecule has 134 valence electrons. The summed E-state index contributed by atoms with van der Waals surface area (Å²) in [6.07, 6.45) is 3.17. The van der Waals surface area contributed by atoms with E-state index in [-0.39, 0.29) is 5.91 Å². The molecule has 0 aliphatic carbocycles. The Kier molecular flexibility index (Phi) is 5.92. The van der Waals surface area contributed by atoms with Crippen LogP contribution in [-0.2, 0) is 0 Å². The molecule has 0 atom stereocenters. The number of aromatic nitrogens is 4. The fourth-order valence-corrected chi connectivity index (χ4v) is 2.49. The number of nitrogens with one attached hydrogen (secondary N) is 1. The fourth-order valence-electron chi connectivity index (χ4n) is 2.49. The number of carbonyl (C=O) groups is 1. The summed E-state index contributed by atoms with van der Waals surface area (Å²) in [4.78, 5) is 12.4. The van der Waals surface area contributed by atoms with Crippen LogP contribution in [0.25, 0.3) is 5.69 Å². The largest absolute Gasteiger partial charge is 0.494 e. The minimum atomic E-state index is -0.143. The van der Waals surface area contributed by atoms with Crippen LogP contribution in [0.1, 0.15) is 28.8 Å². The van der Waals surface area contributed by atoms with Gasteiger partial charge in [0.25, 0.3) is 5.91 Å². The molecule has 0 saturated carbocycles. The zero-order valence-electron chi connectivity index (χ0n) is 14.6. The van der Waals surface area contributed by atoms with E-state index in [4.69, 9.17) is 4.74 Å². The standard InChI is InChI=1S/C19H21N5O2/c1-15-8-10-16(11-9-15)26-13-5-4-12-20-19(25)17-6-2-3-7-18(17)24-14-21-22-23-24/h2-3,6-11,14H,4-5,12-13H2,1H3,(H,20,25). The average Bonchev–Trinajstić information content (AvgIpc) is 3.20. The Hall–Kier alpha value is -3.22. The first-order valence-electron chi connectivity index (χ1n) is 8.54. The number of para-hydroxylation sites is 1. The minimum absolute atomic E-state index is 0.143. The summed E-state index contributed by atoms with van der Waals surface area (Å²) in [5, 5.41) is 14.0. The van der Waals surface area contributed by atoms with Gasteiger partial charge in [0.2, 0.25) is 0 Å². The Morgan fingerprint density at radius 2 is 1.92 bits per heavy atom. The molecule has 0 unspecified atom stereocenters. The van der Waals surface area contributed by atoms with E-state index in [0.717, 1.165) is 18.6 Å². The van der Waals surface area contributed by atoms with Crippen LogP contribution in [0.2, 0.25) is 0 Å². The number of carbonyl (C=O) groups excluding carboxylic acids is 1. The van der Waals surface area contributed by atoms with Gasteiger partial charge in [0.15, 0.2) is 0 Å². The molecular weight excluding hydrogens is 330 g/mol. The van der Waals surface area contributed by atoms with Gasteiger partial charge in [-0.1, -0.05) is 29.8 Å². The maximum Gasteiger partial charge on any atom is 0.253 e. The van der Waals surface area contributed by atoms with Crippen molar-refractivity contribution in [1.29, 1.82) is 0 Å². The van der Waals surface area contributed by atoms with Crippen molar-refractivity contribution in [2.75, 3.05) is 13.2 Å². The highest BCUT2D eigenvalue weighted by Gasteiger charge is 2.12. The highest BCUT2D eigenvalue weighted by atomic mass is 16.5. The van der Waals surface area contributed by atoms with Gasteiger partial charge >= 0.3 is 0 Å². The fraction of sp³-hybridized carbons (Fsp3) is 0.263. The second kappa shape index (κ2) is 8.75.